The second kappa shape index (κ2) is 10.2. The normalized spacial score (nSPS) is 25.4. The van der Waals surface area contributed by atoms with Gasteiger partial charge in [-0.2, -0.15) is 0 Å². The van der Waals surface area contributed by atoms with Crippen molar-refractivity contribution >= 4 is 22.5 Å². The van der Waals surface area contributed by atoms with E-state index < -0.39 is 27.7 Å². The molecule has 1 amide bonds. The predicted molar refractivity (Wildman–Crippen MR) is 136 cm³/mol. The van der Waals surface area contributed by atoms with Crippen LogP contribution in [0.25, 0.3) is 0 Å². The van der Waals surface area contributed by atoms with Crippen molar-refractivity contribution in [2.45, 2.75) is 110 Å². The Hall–Kier alpha value is -0.256. The lowest BCUT2D eigenvalue weighted by Crippen LogP contribution is -2.57. The maximum absolute atomic E-state index is 13.5. The van der Waals surface area contributed by atoms with E-state index in [2.05, 4.69) is 68.5 Å². The van der Waals surface area contributed by atoms with E-state index >= 15 is 0 Å². The highest BCUT2D eigenvalue weighted by Gasteiger charge is 2.81. The molecule has 32 heavy (non-hydrogen) atoms. The Kier molecular flexibility index (Phi) is 9.45. The van der Waals surface area contributed by atoms with E-state index in [0.717, 1.165) is 18.1 Å². The van der Waals surface area contributed by atoms with Crippen LogP contribution < -0.4 is 0 Å². The van der Waals surface area contributed by atoms with Crippen LogP contribution in [0.5, 0.6) is 0 Å². The second-order valence-electron chi connectivity index (χ2n) is 11.8. The second-order valence-corrected chi connectivity index (χ2v) is 21.2. The van der Waals surface area contributed by atoms with Crippen molar-refractivity contribution in [2.75, 3.05) is 20.8 Å². The number of rotatable bonds is 12. The molecule has 0 radical (unpaired) electrons. The molecule has 0 aromatic heterocycles. The highest BCUT2D eigenvalue weighted by molar-refractivity contribution is 6.74. The molecule has 8 heteroatoms. The molecule has 0 aromatic carbocycles. The molecule has 1 fully saturated rings. The lowest BCUT2D eigenvalue weighted by molar-refractivity contribution is -0.173. The number of hydrogen-bond acceptors (Lipinski definition) is 5. The summed E-state index contributed by atoms with van der Waals surface area (Å²) in [5.41, 5.74) is -1.23. The molecule has 0 heterocycles. The monoisotopic (exact) mass is 489 g/mol. The SMILES string of the molecule is CC[Si](CC)(CC)O[C@@]1([C@H](O[Si](C)(C)C(C)(C)C)[C@H](C)CO)[C@H](C(=O)N(C)OC)C1(C)C. The first kappa shape index (κ1) is 29.8. The first-order chi connectivity index (χ1) is 14.5. The van der Waals surface area contributed by atoms with Crippen molar-refractivity contribution in [3.63, 3.8) is 0 Å². The Morgan fingerprint density at radius 3 is 1.94 bits per heavy atom. The van der Waals surface area contributed by atoms with Crippen LogP contribution in [0.1, 0.15) is 62.3 Å². The van der Waals surface area contributed by atoms with Crippen LogP contribution in [0.2, 0.25) is 36.3 Å². The van der Waals surface area contributed by atoms with Crippen LogP contribution in [0.15, 0.2) is 0 Å². The van der Waals surface area contributed by atoms with Gasteiger partial charge in [0.25, 0.3) is 5.91 Å². The van der Waals surface area contributed by atoms with Crippen molar-refractivity contribution in [1.29, 1.82) is 0 Å². The Morgan fingerprint density at radius 1 is 1.12 bits per heavy atom. The van der Waals surface area contributed by atoms with Crippen molar-refractivity contribution in [2.24, 2.45) is 17.3 Å². The predicted octanol–water partition coefficient (Wildman–Crippen LogP) is 5.44. The molecule has 0 aromatic rings. The summed E-state index contributed by atoms with van der Waals surface area (Å²) in [6.07, 6.45) is -0.376. The van der Waals surface area contributed by atoms with Gasteiger partial charge in [0.15, 0.2) is 16.6 Å². The smallest absolute Gasteiger partial charge is 0.252 e. The fourth-order valence-electron chi connectivity index (χ4n) is 4.84. The molecule has 1 aliphatic rings. The lowest BCUT2D eigenvalue weighted by atomic mass is 9.93. The zero-order valence-corrected chi connectivity index (χ0v) is 25.1. The van der Waals surface area contributed by atoms with Gasteiger partial charge in [0.1, 0.15) is 0 Å². The number of hydrogen-bond donors (Lipinski definition) is 1. The molecular formula is C24H51NO5Si2. The Labute approximate surface area is 199 Å². The zero-order valence-electron chi connectivity index (χ0n) is 23.1. The van der Waals surface area contributed by atoms with Gasteiger partial charge in [0.2, 0.25) is 0 Å². The minimum Gasteiger partial charge on any atom is -0.411 e. The van der Waals surface area contributed by atoms with Crippen molar-refractivity contribution in [1.82, 2.24) is 5.06 Å². The van der Waals surface area contributed by atoms with Gasteiger partial charge in [-0.15, -0.1) is 0 Å². The molecule has 6 nitrogen and oxygen atoms in total. The molecule has 1 aliphatic carbocycles. The van der Waals surface area contributed by atoms with Crippen LogP contribution in [0, 0.1) is 17.3 Å². The Bertz CT molecular complexity index is 637. The van der Waals surface area contributed by atoms with Crippen LogP contribution in [-0.2, 0) is 18.5 Å². The number of carbonyl (C=O) groups excluding carboxylic acids is 1. The van der Waals surface area contributed by atoms with Crippen molar-refractivity contribution < 1.29 is 23.6 Å². The van der Waals surface area contributed by atoms with Gasteiger partial charge in [-0.25, -0.2) is 5.06 Å². The first-order valence-electron chi connectivity index (χ1n) is 12.3. The Balaban J connectivity index is 3.74. The number of amides is 1. The highest BCUT2D eigenvalue weighted by atomic mass is 28.4. The fraction of sp³-hybridized carbons (Fsp3) is 0.958. The van der Waals surface area contributed by atoms with Gasteiger partial charge in [-0.3, -0.25) is 9.63 Å². The molecule has 1 N–H and O–H groups in total. The molecule has 190 valence electrons. The summed E-state index contributed by atoms with van der Waals surface area (Å²) >= 11 is 0. The van der Waals surface area contributed by atoms with Gasteiger partial charge in [-0.05, 0) is 36.3 Å². The minimum absolute atomic E-state index is 0.00172. The van der Waals surface area contributed by atoms with Gasteiger partial charge in [0.05, 0.1) is 24.7 Å². The number of aliphatic hydroxyl groups is 1. The molecule has 1 rings (SSSR count). The average Bonchev–Trinajstić information content (AvgIpc) is 3.21. The van der Waals surface area contributed by atoms with Gasteiger partial charge in [-0.1, -0.05) is 62.3 Å². The third-order valence-corrected chi connectivity index (χ3v) is 17.8. The standard InChI is InChI=1S/C24H51NO5Si2/c1-14-32(15-2,16-3)30-24(19(23(24,8)9)21(27)25(10)28-11)20(18(4)17-26)29-31(12,13)22(5,6)7/h18-20,26H,14-17H2,1-13H3/t18-,19-,20-,24-/m1/s1. The summed E-state index contributed by atoms with van der Waals surface area (Å²) in [5, 5.41) is 11.6. The third kappa shape index (κ3) is 5.05. The first-order valence-corrected chi connectivity index (χ1v) is 17.7. The average molecular weight is 490 g/mol. The third-order valence-electron chi connectivity index (χ3n) is 8.68. The van der Waals surface area contributed by atoms with E-state index in [1.807, 2.05) is 6.92 Å². The summed E-state index contributed by atoms with van der Waals surface area (Å²) in [6, 6.07) is 2.96. The van der Waals surface area contributed by atoms with Gasteiger partial charge >= 0.3 is 0 Å². The van der Waals surface area contributed by atoms with E-state index in [1.54, 1.807) is 7.05 Å². The molecule has 0 unspecified atom stereocenters. The van der Waals surface area contributed by atoms with Crippen LogP contribution in [-0.4, -0.2) is 65.2 Å². The van der Waals surface area contributed by atoms with E-state index in [9.17, 15) is 9.90 Å². The molecule has 0 spiro atoms. The van der Waals surface area contributed by atoms with E-state index in [0.29, 0.717) is 0 Å². The van der Waals surface area contributed by atoms with E-state index in [4.69, 9.17) is 13.7 Å². The van der Waals surface area contributed by atoms with Crippen LogP contribution in [0.3, 0.4) is 0 Å². The highest BCUT2D eigenvalue weighted by Crippen LogP contribution is 2.69. The largest absolute Gasteiger partial charge is 0.411 e. The molecular weight excluding hydrogens is 438 g/mol. The number of nitrogens with zero attached hydrogens (tertiary/aromatic N) is 1. The summed E-state index contributed by atoms with van der Waals surface area (Å²) in [5.74, 6) is -0.635. The number of carbonyl (C=O) groups is 1. The molecule has 0 bridgehead atoms. The minimum atomic E-state index is -2.22. The van der Waals surface area contributed by atoms with E-state index in [1.165, 1.54) is 12.2 Å². The van der Waals surface area contributed by atoms with Crippen molar-refractivity contribution in [3.05, 3.63) is 0 Å². The van der Waals surface area contributed by atoms with E-state index in [-0.39, 0.29) is 35.5 Å². The summed E-state index contributed by atoms with van der Waals surface area (Å²) in [7, 11) is -1.16. The van der Waals surface area contributed by atoms with Crippen molar-refractivity contribution in [3.8, 4) is 0 Å². The fourth-order valence-corrected chi connectivity index (χ4v) is 9.38. The van der Waals surface area contributed by atoms with Crippen LogP contribution >= 0.6 is 0 Å². The quantitative estimate of drug-likeness (QED) is 0.292. The molecule has 0 aliphatic heterocycles. The number of hydroxylamine groups is 2. The van der Waals surface area contributed by atoms with Gasteiger partial charge in [0, 0.05) is 25.0 Å². The van der Waals surface area contributed by atoms with Gasteiger partial charge < -0.3 is 14.0 Å². The molecule has 1 saturated carbocycles. The summed E-state index contributed by atoms with van der Waals surface area (Å²) < 4.78 is 14.3. The number of aliphatic hydroxyl groups excluding tert-OH is 1. The van der Waals surface area contributed by atoms with Crippen LogP contribution in [0.4, 0.5) is 0 Å². The Morgan fingerprint density at radius 2 is 1.59 bits per heavy atom. The topological polar surface area (TPSA) is 68.2 Å². The molecule has 4 atom stereocenters. The maximum atomic E-state index is 13.5. The molecule has 0 saturated heterocycles. The maximum Gasteiger partial charge on any atom is 0.252 e. The summed E-state index contributed by atoms with van der Waals surface area (Å²) in [6.45, 7) is 24.0. The summed E-state index contributed by atoms with van der Waals surface area (Å²) in [4.78, 5) is 18.8. The lowest BCUT2D eigenvalue weighted by Gasteiger charge is -2.47. The zero-order chi connectivity index (χ0) is 25.3.